The highest BCUT2D eigenvalue weighted by molar-refractivity contribution is 4.86. The number of rotatable bonds is 12. The van der Waals surface area contributed by atoms with E-state index in [1.165, 1.54) is 6.42 Å². The Kier molecular flexibility index (Phi) is 8.18. The Morgan fingerprint density at radius 2 is 1.71 bits per heavy atom. The molecule has 0 aromatic carbocycles. The van der Waals surface area contributed by atoms with Crippen molar-refractivity contribution in [2.75, 3.05) is 19.7 Å². The molecule has 0 bridgehead atoms. The van der Waals surface area contributed by atoms with E-state index in [0.717, 1.165) is 19.4 Å². The molecule has 4 atom stereocenters. The highest BCUT2D eigenvalue weighted by atomic mass is 16.5. The summed E-state index contributed by atoms with van der Waals surface area (Å²) < 4.78 is 12.3. The molecular formula is C20H41NO3. The van der Waals surface area contributed by atoms with E-state index in [1.807, 2.05) is 0 Å². The fourth-order valence-corrected chi connectivity index (χ4v) is 3.22. The van der Waals surface area contributed by atoms with Crippen molar-refractivity contribution in [2.45, 2.75) is 104 Å². The number of β-amino-alcohol motifs (C(OH)–C–C–N with tert-alkyl or cyclic N) is 1. The summed E-state index contributed by atoms with van der Waals surface area (Å²) in [6, 6.07) is 0.620. The third-order valence-electron chi connectivity index (χ3n) is 4.72. The smallest absolute Gasteiger partial charge is 0.0900 e. The summed E-state index contributed by atoms with van der Waals surface area (Å²) in [4.78, 5) is 2.25. The molecular weight excluding hydrogens is 302 g/mol. The van der Waals surface area contributed by atoms with Gasteiger partial charge in [-0.25, -0.2) is 0 Å². The van der Waals surface area contributed by atoms with Crippen molar-refractivity contribution in [3.63, 3.8) is 0 Å². The first-order valence-electron chi connectivity index (χ1n) is 9.64. The largest absolute Gasteiger partial charge is 0.389 e. The lowest BCUT2D eigenvalue weighted by atomic mass is 9.95. The number of nitrogens with zero attached hydrogens (tertiary/aromatic N) is 1. The van der Waals surface area contributed by atoms with Gasteiger partial charge in [-0.15, -0.1) is 0 Å². The van der Waals surface area contributed by atoms with Crippen molar-refractivity contribution < 1.29 is 14.6 Å². The van der Waals surface area contributed by atoms with Gasteiger partial charge >= 0.3 is 0 Å². The molecule has 1 aliphatic rings. The van der Waals surface area contributed by atoms with Crippen molar-refractivity contribution in [1.82, 2.24) is 4.90 Å². The third-order valence-corrected chi connectivity index (χ3v) is 4.72. The minimum Gasteiger partial charge on any atom is -0.389 e. The summed E-state index contributed by atoms with van der Waals surface area (Å²) in [6.45, 7) is 19.5. The molecule has 1 aliphatic heterocycles. The Morgan fingerprint density at radius 3 is 2.21 bits per heavy atom. The fraction of sp³-hybridized carbons (Fsp3) is 1.00. The Morgan fingerprint density at radius 1 is 1.12 bits per heavy atom. The van der Waals surface area contributed by atoms with Gasteiger partial charge in [0.1, 0.15) is 0 Å². The van der Waals surface area contributed by atoms with Gasteiger partial charge in [0.05, 0.1) is 30.0 Å². The van der Waals surface area contributed by atoms with E-state index in [4.69, 9.17) is 9.47 Å². The third kappa shape index (κ3) is 9.36. The van der Waals surface area contributed by atoms with Crippen LogP contribution in [0, 0.1) is 5.92 Å². The monoisotopic (exact) mass is 343 g/mol. The van der Waals surface area contributed by atoms with Crippen molar-refractivity contribution in [3.05, 3.63) is 0 Å². The minimum atomic E-state index is -0.409. The molecule has 1 fully saturated rings. The first kappa shape index (κ1) is 21.9. The van der Waals surface area contributed by atoms with Crippen LogP contribution in [-0.4, -0.2) is 59.2 Å². The zero-order valence-electron chi connectivity index (χ0n) is 17.3. The number of aliphatic hydroxyl groups excluding tert-OH is 1. The maximum absolute atomic E-state index is 10.1. The van der Waals surface area contributed by atoms with Gasteiger partial charge in [-0.3, -0.25) is 4.90 Å². The Hall–Kier alpha value is -0.160. The molecule has 0 amide bonds. The highest BCUT2D eigenvalue weighted by Gasteiger charge is 2.32. The van der Waals surface area contributed by atoms with E-state index in [0.29, 0.717) is 25.1 Å². The zero-order chi connectivity index (χ0) is 18.5. The van der Waals surface area contributed by atoms with Crippen LogP contribution in [-0.2, 0) is 9.47 Å². The molecule has 1 saturated heterocycles. The Labute approximate surface area is 149 Å². The second-order valence-corrected chi connectivity index (χ2v) is 9.35. The average molecular weight is 344 g/mol. The fourth-order valence-electron chi connectivity index (χ4n) is 3.22. The van der Waals surface area contributed by atoms with Crippen LogP contribution in [0.25, 0.3) is 0 Å². The molecule has 4 nitrogen and oxygen atoms in total. The maximum Gasteiger partial charge on any atom is 0.0900 e. The minimum absolute atomic E-state index is 0.103. The van der Waals surface area contributed by atoms with Crippen molar-refractivity contribution >= 4 is 0 Å². The predicted molar refractivity (Wildman–Crippen MR) is 100 cm³/mol. The molecule has 1 heterocycles. The number of ether oxygens (including phenoxy) is 2. The molecule has 144 valence electrons. The summed E-state index contributed by atoms with van der Waals surface area (Å²) >= 11 is 0. The molecule has 0 aromatic heterocycles. The number of hydrogen-bond acceptors (Lipinski definition) is 4. The summed E-state index contributed by atoms with van der Waals surface area (Å²) in [5.74, 6) is 0.703. The molecule has 1 N–H and O–H groups in total. The average Bonchev–Trinajstić information content (AvgIpc) is 3.08. The maximum atomic E-state index is 10.1. The summed E-state index contributed by atoms with van der Waals surface area (Å²) in [7, 11) is 0. The van der Waals surface area contributed by atoms with E-state index in [2.05, 4.69) is 60.3 Å². The van der Waals surface area contributed by atoms with Crippen LogP contribution < -0.4 is 0 Å². The molecule has 4 heteroatoms. The number of aliphatic hydroxyl groups is 1. The van der Waals surface area contributed by atoms with Crippen molar-refractivity contribution in [2.24, 2.45) is 5.92 Å². The summed E-state index contributed by atoms with van der Waals surface area (Å²) in [6.07, 6.45) is 2.80. The topological polar surface area (TPSA) is 41.7 Å². The quantitative estimate of drug-likeness (QED) is 0.546. The van der Waals surface area contributed by atoms with Gasteiger partial charge in [-0.05, 0) is 60.3 Å². The van der Waals surface area contributed by atoms with Gasteiger partial charge in [0.25, 0.3) is 0 Å². The van der Waals surface area contributed by atoms with Crippen LogP contribution in [0.15, 0.2) is 0 Å². The molecule has 0 radical (unpaired) electrons. The lowest BCUT2D eigenvalue weighted by molar-refractivity contribution is -0.122. The van der Waals surface area contributed by atoms with Gasteiger partial charge < -0.3 is 14.6 Å². The molecule has 0 aliphatic carbocycles. The lowest BCUT2D eigenvalue weighted by Gasteiger charge is -2.34. The van der Waals surface area contributed by atoms with E-state index in [1.54, 1.807) is 0 Å². The number of hydrogen-bond donors (Lipinski definition) is 1. The first-order chi connectivity index (χ1) is 10.9. The van der Waals surface area contributed by atoms with Crippen LogP contribution in [0.5, 0.6) is 0 Å². The van der Waals surface area contributed by atoms with Gasteiger partial charge in [-0.1, -0.05) is 13.8 Å². The van der Waals surface area contributed by atoms with E-state index in [9.17, 15) is 5.11 Å². The molecule has 4 unspecified atom stereocenters. The van der Waals surface area contributed by atoms with Gasteiger partial charge in [0.15, 0.2) is 0 Å². The Balaban J connectivity index is 2.30. The first-order valence-corrected chi connectivity index (χ1v) is 9.64. The van der Waals surface area contributed by atoms with Crippen LogP contribution >= 0.6 is 0 Å². The van der Waals surface area contributed by atoms with E-state index < -0.39 is 6.10 Å². The van der Waals surface area contributed by atoms with Gasteiger partial charge in [-0.2, -0.15) is 0 Å². The predicted octanol–water partition coefficient (Wildman–Crippen LogP) is 3.86. The molecule has 0 aromatic rings. The lowest BCUT2D eigenvalue weighted by Crippen LogP contribution is -2.38. The second kappa shape index (κ2) is 8.98. The standard InChI is InChI=1S/C20H41NO3/c1-15(2)9-10-19(5,6)24-17(4)11-20(7,8)23-14-18(22)13-21-12-16(21)3/h15-18,22H,9-14H2,1-8H3. The van der Waals surface area contributed by atoms with Gasteiger partial charge in [0, 0.05) is 25.6 Å². The molecule has 0 saturated carbocycles. The van der Waals surface area contributed by atoms with E-state index in [-0.39, 0.29) is 17.3 Å². The van der Waals surface area contributed by atoms with Gasteiger partial charge in [0.2, 0.25) is 0 Å². The van der Waals surface area contributed by atoms with Crippen molar-refractivity contribution in [1.29, 1.82) is 0 Å². The molecule has 0 spiro atoms. The van der Waals surface area contributed by atoms with Crippen molar-refractivity contribution in [3.8, 4) is 0 Å². The van der Waals surface area contributed by atoms with Crippen LogP contribution in [0.4, 0.5) is 0 Å². The second-order valence-electron chi connectivity index (χ2n) is 9.35. The summed E-state index contributed by atoms with van der Waals surface area (Å²) in [5.41, 5.74) is -0.395. The van der Waals surface area contributed by atoms with E-state index >= 15 is 0 Å². The SMILES string of the molecule is CC(C)CCC(C)(C)OC(C)CC(C)(C)OCC(O)CN1CC1C. The summed E-state index contributed by atoms with van der Waals surface area (Å²) in [5, 5.41) is 10.1. The zero-order valence-corrected chi connectivity index (χ0v) is 17.3. The Bertz CT molecular complexity index is 368. The molecule has 24 heavy (non-hydrogen) atoms. The molecule has 1 rings (SSSR count). The normalized spacial score (nSPS) is 24.2. The van der Waals surface area contributed by atoms with Crippen LogP contribution in [0.1, 0.15) is 74.7 Å². The van der Waals surface area contributed by atoms with Crippen LogP contribution in [0.2, 0.25) is 0 Å². The van der Waals surface area contributed by atoms with Crippen LogP contribution in [0.3, 0.4) is 0 Å². The highest BCUT2D eigenvalue weighted by Crippen LogP contribution is 2.26.